The maximum absolute atomic E-state index is 12.8. The van der Waals surface area contributed by atoms with Crippen molar-refractivity contribution in [2.75, 3.05) is 13.7 Å². The number of benzene rings is 2. The van der Waals surface area contributed by atoms with Crippen LogP contribution in [-0.2, 0) is 27.3 Å². The van der Waals surface area contributed by atoms with Crippen molar-refractivity contribution in [2.45, 2.75) is 13.0 Å². The Labute approximate surface area is 139 Å². The Hall–Kier alpha value is -2.89. The van der Waals surface area contributed by atoms with Crippen LogP contribution in [0, 0.1) is 5.82 Å². The fourth-order valence-corrected chi connectivity index (χ4v) is 1.95. The summed E-state index contributed by atoms with van der Waals surface area (Å²) in [5, 5.41) is 2.69. The quantitative estimate of drug-likeness (QED) is 0.790. The third-order valence-corrected chi connectivity index (χ3v) is 3.27. The number of methoxy groups -OCH3 is 1. The number of nitrogens with one attached hydrogen (secondary N) is 1. The van der Waals surface area contributed by atoms with Gasteiger partial charge in [-0.05, 0) is 35.4 Å². The highest BCUT2D eigenvalue weighted by Gasteiger charge is 2.05. The third-order valence-electron chi connectivity index (χ3n) is 3.27. The number of ether oxygens (including phenoxy) is 2. The predicted molar refractivity (Wildman–Crippen MR) is 85.9 cm³/mol. The smallest absolute Gasteiger partial charge is 0.309 e. The molecule has 0 radical (unpaired) electrons. The molecule has 2 aromatic carbocycles. The summed E-state index contributed by atoms with van der Waals surface area (Å²) in [6.07, 6.45) is 0.189. The van der Waals surface area contributed by atoms with Crippen LogP contribution in [-0.4, -0.2) is 25.6 Å². The van der Waals surface area contributed by atoms with Crippen molar-refractivity contribution < 1.29 is 23.5 Å². The van der Waals surface area contributed by atoms with E-state index < -0.39 is 0 Å². The first-order valence-corrected chi connectivity index (χ1v) is 7.36. The predicted octanol–water partition coefficient (Wildman–Crippen LogP) is 2.24. The minimum Gasteiger partial charge on any atom is -0.484 e. The first-order chi connectivity index (χ1) is 11.6. The lowest BCUT2D eigenvalue weighted by Crippen LogP contribution is -2.28. The highest BCUT2D eigenvalue weighted by molar-refractivity contribution is 5.77. The van der Waals surface area contributed by atoms with Gasteiger partial charge in [0.15, 0.2) is 6.61 Å². The maximum Gasteiger partial charge on any atom is 0.309 e. The van der Waals surface area contributed by atoms with Gasteiger partial charge in [0.1, 0.15) is 11.6 Å². The summed E-state index contributed by atoms with van der Waals surface area (Å²) in [7, 11) is 1.34. The van der Waals surface area contributed by atoms with Gasteiger partial charge in [0, 0.05) is 6.54 Å². The van der Waals surface area contributed by atoms with Gasteiger partial charge >= 0.3 is 5.97 Å². The second-order valence-electron chi connectivity index (χ2n) is 5.09. The van der Waals surface area contributed by atoms with Crippen molar-refractivity contribution in [3.8, 4) is 5.75 Å². The molecule has 0 heterocycles. The zero-order valence-corrected chi connectivity index (χ0v) is 13.3. The number of amides is 1. The van der Waals surface area contributed by atoms with Gasteiger partial charge in [0.25, 0.3) is 5.91 Å². The summed E-state index contributed by atoms with van der Waals surface area (Å²) < 4.78 is 22.7. The van der Waals surface area contributed by atoms with Crippen LogP contribution in [0.5, 0.6) is 5.75 Å². The van der Waals surface area contributed by atoms with Gasteiger partial charge in [-0.25, -0.2) is 4.39 Å². The molecule has 6 heteroatoms. The maximum atomic E-state index is 12.8. The Morgan fingerprint density at radius 1 is 1.00 bits per heavy atom. The van der Waals surface area contributed by atoms with Crippen LogP contribution in [0.25, 0.3) is 0 Å². The highest BCUT2D eigenvalue weighted by Crippen LogP contribution is 2.12. The van der Waals surface area contributed by atoms with E-state index in [1.54, 1.807) is 36.4 Å². The van der Waals surface area contributed by atoms with E-state index in [1.165, 1.54) is 19.2 Å². The van der Waals surface area contributed by atoms with Gasteiger partial charge in [-0.3, -0.25) is 9.59 Å². The lowest BCUT2D eigenvalue weighted by molar-refractivity contribution is -0.139. The summed E-state index contributed by atoms with van der Waals surface area (Å²) in [4.78, 5) is 22.9. The van der Waals surface area contributed by atoms with Crippen molar-refractivity contribution in [3.05, 3.63) is 65.5 Å². The molecule has 0 saturated carbocycles. The average molecular weight is 331 g/mol. The van der Waals surface area contributed by atoms with E-state index >= 15 is 0 Å². The van der Waals surface area contributed by atoms with Gasteiger partial charge in [0.05, 0.1) is 13.5 Å². The monoisotopic (exact) mass is 331 g/mol. The van der Waals surface area contributed by atoms with Crippen molar-refractivity contribution in [1.29, 1.82) is 0 Å². The third kappa shape index (κ3) is 5.72. The van der Waals surface area contributed by atoms with E-state index in [0.29, 0.717) is 12.3 Å². The molecule has 0 aliphatic rings. The Morgan fingerprint density at radius 2 is 1.62 bits per heavy atom. The molecule has 24 heavy (non-hydrogen) atoms. The van der Waals surface area contributed by atoms with Crippen molar-refractivity contribution in [3.63, 3.8) is 0 Å². The SMILES string of the molecule is COC(=O)Cc1ccc(OCC(=O)NCc2ccc(F)cc2)cc1. The molecule has 0 saturated heterocycles. The van der Waals surface area contributed by atoms with Crippen molar-refractivity contribution in [1.82, 2.24) is 5.32 Å². The van der Waals surface area contributed by atoms with Crippen LogP contribution in [0.15, 0.2) is 48.5 Å². The van der Waals surface area contributed by atoms with Crippen LogP contribution in [0.1, 0.15) is 11.1 Å². The number of carbonyl (C=O) groups excluding carboxylic acids is 2. The van der Waals surface area contributed by atoms with Crippen molar-refractivity contribution in [2.24, 2.45) is 0 Å². The minimum atomic E-state index is -0.316. The molecule has 2 aromatic rings. The minimum absolute atomic E-state index is 0.127. The van der Waals surface area contributed by atoms with E-state index in [-0.39, 0.29) is 30.7 Å². The van der Waals surface area contributed by atoms with E-state index in [1.807, 2.05) is 0 Å². The van der Waals surface area contributed by atoms with Crippen molar-refractivity contribution >= 4 is 11.9 Å². The summed E-state index contributed by atoms with van der Waals surface area (Å²) in [6, 6.07) is 12.7. The number of esters is 1. The summed E-state index contributed by atoms with van der Waals surface area (Å²) in [6.45, 7) is 0.179. The van der Waals surface area contributed by atoms with Gasteiger partial charge in [-0.2, -0.15) is 0 Å². The Kier molecular flexibility index (Phi) is 6.31. The number of hydrogen-bond acceptors (Lipinski definition) is 4. The average Bonchev–Trinajstić information content (AvgIpc) is 2.60. The summed E-state index contributed by atoms with van der Waals surface area (Å²) in [5.41, 5.74) is 1.60. The Balaban J connectivity index is 1.75. The van der Waals surface area contributed by atoms with Crippen LogP contribution in [0.4, 0.5) is 4.39 Å². The number of hydrogen-bond donors (Lipinski definition) is 1. The topological polar surface area (TPSA) is 64.6 Å². The summed E-state index contributed by atoms with van der Waals surface area (Å²) >= 11 is 0. The molecular weight excluding hydrogens is 313 g/mol. The Morgan fingerprint density at radius 3 is 2.25 bits per heavy atom. The molecule has 0 bridgehead atoms. The molecule has 1 amide bonds. The lowest BCUT2D eigenvalue weighted by Gasteiger charge is -2.08. The van der Waals surface area contributed by atoms with E-state index in [4.69, 9.17) is 4.74 Å². The second-order valence-corrected chi connectivity index (χ2v) is 5.09. The molecule has 0 aromatic heterocycles. The highest BCUT2D eigenvalue weighted by atomic mass is 19.1. The fraction of sp³-hybridized carbons (Fsp3) is 0.222. The molecule has 0 aliphatic heterocycles. The zero-order valence-electron chi connectivity index (χ0n) is 13.3. The number of halogens is 1. The number of carbonyl (C=O) groups is 2. The van der Waals surface area contributed by atoms with E-state index in [9.17, 15) is 14.0 Å². The van der Waals surface area contributed by atoms with Gasteiger partial charge in [-0.15, -0.1) is 0 Å². The second kappa shape index (κ2) is 8.67. The first-order valence-electron chi connectivity index (χ1n) is 7.36. The standard InChI is InChI=1S/C18H18FNO4/c1-23-18(22)10-13-4-8-16(9-5-13)24-12-17(21)20-11-14-2-6-15(19)7-3-14/h2-9H,10-12H2,1H3,(H,20,21). The number of rotatable bonds is 7. The molecule has 0 aliphatic carbocycles. The fourth-order valence-electron chi connectivity index (χ4n) is 1.95. The van der Waals surface area contributed by atoms with Crippen LogP contribution in [0.3, 0.4) is 0 Å². The van der Waals surface area contributed by atoms with Gasteiger partial charge in [-0.1, -0.05) is 24.3 Å². The molecule has 5 nitrogen and oxygen atoms in total. The largest absolute Gasteiger partial charge is 0.484 e. The molecular formula is C18H18FNO4. The zero-order chi connectivity index (χ0) is 17.4. The molecule has 1 N–H and O–H groups in total. The molecule has 0 unspecified atom stereocenters. The molecule has 0 fully saturated rings. The van der Waals surface area contributed by atoms with Crippen LogP contribution in [0.2, 0.25) is 0 Å². The lowest BCUT2D eigenvalue weighted by atomic mass is 10.1. The molecule has 0 spiro atoms. The molecule has 0 atom stereocenters. The normalized spacial score (nSPS) is 10.1. The van der Waals surface area contributed by atoms with Gasteiger partial charge < -0.3 is 14.8 Å². The van der Waals surface area contributed by atoms with Crippen LogP contribution < -0.4 is 10.1 Å². The van der Waals surface area contributed by atoms with E-state index in [0.717, 1.165) is 11.1 Å². The Bertz CT molecular complexity index is 683. The summed E-state index contributed by atoms with van der Waals surface area (Å²) in [5.74, 6) is -0.383. The molecule has 126 valence electrons. The van der Waals surface area contributed by atoms with Gasteiger partial charge in [0.2, 0.25) is 0 Å². The van der Waals surface area contributed by atoms with Crippen LogP contribution >= 0.6 is 0 Å². The molecule has 2 rings (SSSR count). The van der Waals surface area contributed by atoms with E-state index in [2.05, 4.69) is 10.1 Å². The first kappa shape index (κ1) is 17.5.